The Morgan fingerprint density at radius 1 is 0.889 bits per heavy atom. The zero-order valence-corrected chi connectivity index (χ0v) is 10.6. The zero-order chi connectivity index (χ0) is 13.2. The van der Waals surface area contributed by atoms with E-state index in [0.29, 0.717) is 0 Å². The fraction of sp³-hybridized carbons (Fsp3) is 0.0714. The van der Waals surface area contributed by atoms with Crippen molar-refractivity contribution < 1.29 is 13.2 Å². The first kappa shape index (κ1) is 12.5. The van der Waals surface area contributed by atoms with E-state index < -0.39 is 9.84 Å². The van der Waals surface area contributed by atoms with E-state index in [1.54, 1.807) is 30.3 Å². The van der Waals surface area contributed by atoms with E-state index in [-0.39, 0.29) is 21.1 Å². The molecule has 2 aromatic carbocycles. The third kappa shape index (κ3) is 2.19. The van der Waals surface area contributed by atoms with Crippen molar-refractivity contribution in [3.63, 3.8) is 0 Å². The number of benzene rings is 2. The van der Waals surface area contributed by atoms with Crippen molar-refractivity contribution in [3.8, 4) is 0 Å². The maximum atomic E-state index is 12.4. The molecule has 92 valence electrons. The molecular formula is C14H12O3S. The first-order valence-electron chi connectivity index (χ1n) is 5.43. The second-order valence-corrected chi connectivity index (χ2v) is 5.79. The third-order valence-electron chi connectivity index (χ3n) is 2.61. The van der Waals surface area contributed by atoms with Crippen LogP contribution in [0.4, 0.5) is 0 Å². The second kappa shape index (κ2) is 4.74. The summed E-state index contributed by atoms with van der Waals surface area (Å²) in [6.45, 7) is 1.36. The predicted octanol–water partition coefficient (Wildman–Crippen LogP) is 2.72. The molecule has 0 radical (unpaired) electrons. The van der Waals surface area contributed by atoms with Gasteiger partial charge < -0.3 is 0 Å². The average Bonchev–Trinajstić information content (AvgIpc) is 2.39. The lowest BCUT2D eigenvalue weighted by molar-refractivity contribution is 0.101. The number of sulfone groups is 1. The van der Waals surface area contributed by atoms with Crippen LogP contribution in [0.1, 0.15) is 17.3 Å². The van der Waals surface area contributed by atoms with Crippen molar-refractivity contribution >= 4 is 15.6 Å². The Morgan fingerprint density at radius 2 is 1.44 bits per heavy atom. The molecule has 2 rings (SSSR count). The van der Waals surface area contributed by atoms with E-state index in [0.717, 1.165) is 0 Å². The molecule has 0 aliphatic rings. The van der Waals surface area contributed by atoms with Gasteiger partial charge in [-0.05, 0) is 25.1 Å². The van der Waals surface area contributed by atoms with Crippen molar-refractivity contribution in [1.82, 2.24) is 0 Å². The van der Waals surface area contributed by atoms with Gasteiger partial charge in [0, 0.05) is 5.56 Å². The van der Waals surface area contributed by atoms with Gasteiger partial charge in [0.05, 0.1) is 9.79 Å². The molecule has 0 bridgehead atoms. The van der Waals surface area contributed by atoms with E-state index in [2.05, 4.69) is 0 Å². The van der Waals surface area contributed by atoms with Crippen LogP contribution in [0.15, 0.2) is 64.4 Å². The van der Waals surface area contributed by atoms with Crippen LogP contribution in [0.25, 0.3) is 0 Å². The fourth-order valence-electron chi connectivity index (χ4n) is 1.72. The van der Waals surface area contributed by atoms with Gasteiger partial charge in [-0.3, -0.25) is 4.79 Å². The summed E-state index contributed by atoms with van der Waals surface area (Å²) >= 11 is 0. The molecule has 4 heteroatoms. The number of rotatable bonds is 3. The molecule has 0 fully saturated rings. The van der Waals surface area contributed by atoms with Gasteiger partial charge in [0.1, 0.15) is 0 Å². The van der Waals surface area contributed by atoms with Gasteiger partial charge >= 0.3 is 0 Å². The third-order valence-corrected chi connectivity index (χ3v) is 4.44. The highest BCUT2D eigenvalue weighted by atomic mass is 32.2. The summed E-state index contributed by atoms with van der Waals surface area (Å²) in [5, 5.41) is 0. The largest absolute Gasteiger partial charge is 0.294 e. The van der Waals surface area contributed by atoms with Crippen LogP contribution in [0.3, 0.4) is 0 Å². The molecule has 0 N–H and O–H groups in total. The van der Waals surface area contributed by atoms with Crippen LogP contribution < -0.4 is 0 Å². The first-order valence-corrected chi connectivity index (χ1v) is 6.92. The van der Waals surface area contributed by atoms with Gasteiger partial charge in [-0.1, -0.05) is 36.4 Å². The Kier molecular flexibility index (Phi) is 3.30. The molecule has 3 nitrogen and oxygen atoms in total. The lowest BCUT2D eigenvalue weighted by atomic mass is 10.1. The SMILES string of the molecule is CC(=O)c1ccccc1S(=O)(=O)c1ccccc1. The standard InChI is InChI=1S/C14H12O3S/c1-11(15)13-9-5-6-10-14(13)18(16,17)12-7-3-2-4-8-12/h2-10H,1H3. The number of hydrogen-bond donors (Lipinski definition) is 0. The quantitative estimate of drug-likeness (QED) is 0.797. The van der Waals surface area contributed by atoms with Gasteiger partial charge in [-0.25, -0.2) is 8.42 Å². The first-order chi connectivity index (χ1) is 8.53. The van der Waals surface area contributed by atoms with Crippen LogP contribution in [-0.2, 0) is 9.84 Å². The van der Waals surface area contributed by atoms with Crippen molar-refractivity contribution in [3.05, 3.63) is 60.2 Å². The van der Waals surface area contributed by atoms with Crippen LogP contribution in [0, 0.1) is 0 Å². The van der Waals surface area contributed by atoms with E-state index in [4.69, 9.17) is 0 Å². The smallest absolute Gasteiger partial charge is 0.207 e. The molecule has 0 saturated heterocycles. The lowest BCUT2D eigenvalue weighted by Gasteiger charge is -2.08. The van der Waals surface area contributed by atoms with Crippen LogP contribution in [0.5, 0.6) is 0 Å². The van der Waals surface area contributed by atoms with E-state index in [1.165, 1.54) is 31.2 Å². The Bertz CT molecular complexity index is 673. The zero-order valence-electron chi connectivity index (χ0n) is 9.83. The lowest BCUT2D eigenvalue weighted by Crippen LogP contribution is -2.07. The monoisotopic (exact) mass is 260 g/mol. The minimum absolute atomic E-state index is 0.0590. The summed E-state index contributed by atoms with van der Waals surface area (Å²) in [4.78, 5) is 11.7. The minimum Gasteiger partial charge on any atom is -0.294 e. The summed E-state index contributed by atoms with van der Waals surface area (Å²) in [5.41, 5.74) is 0.223. The van der Waals surface area contributed by atoms with E-state index in [9.17, 15) is 13.2 Å². The van der Waals surface area contributed by atoms with Crippen LogP contribution in [0.2, 0.25) is 0 Å². The maximum Gasteiger partial charge on any atom is 0.207 e. The maximum absolute atomic E-state index is 12.4. The van der Waals surface area contributed by atoms with Gasteiger partial charge in [0.2, 0.25) is 9.84 Å². The van der Waals surface area contributed by atoms with E-state index >= 15 is 0 Å². The summed E-state index contributed by atoms with van der Waals surface area (Å²) in [6, 6.07) is 14.3. The Morgan fingerprint density at radius 3 is 2.06 bits per heavy atom. The number of hydrogen-bond acceptors (Lipinski definition) is 3. The van der Waals surface area contributed by atoms with Crippen LogP contribution in [-0.4, -0.2) is 14.2 Å². The molecule has 0 atom stereocenters. The van der Waals surface area contributed by atoms with E-state index in [1.807, 2.05) is 0 Å². The van der Waals surface area contributed by atoms with Gasteiger partial charge in [0.15, 0.2) is 5.78 Å². The fourth-order valence-corrected chi connectivity index (χ4v) is 3.25. The Labute approximate surface area is 106 Å². The number of Topliss-reactive ketones (excluding diaryl/α,β-unsaturated/α-hetero) is 1. The average molecular weight is 260 g/mol. The van der Waals surface area contributed by atoms with Gasteiger partial charge in [-0.15, -0.1) is 0 Å². The molecule has 2 aromatic rings. The molecule has 0 amide bonds. The highest BCUT2D eigenvalue weighted by molar-refractivity contribution is 7.91. The van der Waals surface area contributed by atoms with Crippen molar-refractivity contribution in [2.75, 3.05) is 0 Å². The van der Waals surface area contributed by atoms with Crippen molar-refractivity contribution in [2.45, 2.75) is 16.7 Å². The molecule has 18 heavy (non-hydrogen) atoms. The van der Waals surface area contributed by atoms with Crippen molar-refractivity contribution in [1.29, 1.82) is 0 Å². The normalized spacial score (nSPS) is 11.2. The second-order valence-electron chi connectivity index (χ2n) is 3.87. The molecule has 0 saturated carbocycles. The van der Waals surface area contributed by atoms with Crippen molar-refractivity contribution in [2.24, 2.45) is 0 Å². The summed E-state index contributed by atoms with van der Waals surface area (Å²) in [5.74, 6) is -0.259. The predicted molar refractivity (Wildman–Crippen MR) is 68.3 cm³/mol. The molecule has 0 aliphatic heterocycles. The molecule has 0 spiro atoms. The summed E-state index contributed by atoms with van der Waals surface area (Å²) < 4.78 is 24.8. The Hall–Kier alpha value is -1.94. The topological polar surface area (TPSA) is 51.2 Å². The summed E-state index contributed by atoms with van der Waals surface area (Å²) in [6.07, 6.45) is 0. The highest BCUT2D eigenvalue weighted by Crippen LogP contribution is 2.24. The molecule has 0 aromatic heterocycles. The summed E-state index contributed by atoms with van der Waals surface area (Å²) in [7, 11) is -3.64. The molecule has 0 unspecified atom stereocenters. The number of carbonyl (C=O) groups excluding carboxylic acids is 1. The minimum atomic E-state index is -3.64. The van der Waals surface area contributed by atoms with Gasteiger partial charge in [0.25, 0.3) is 0 Å². The molecule has 0 heterocycles. The molecule has 0 aliphatic carbocycles. The molecular weight excluding hydrogens is 248 g/mol. The number of carbonyl (C=O) groups is 1. The van der Waals surface area contributed by atoms with Crippen LogP contribution >= 0.6 is 0 Å². The number of ketones is 1. The highest BCUT2D eigenvalue weighted by Gasteiger charge is 2.22. The van der Waals surface area contributed by atoms with Gasteiger partial charge in [-0.2, -0.15) is 0 Å². The Balaban J connectivity index is 2.66.